The van der Waals surface area contributed by atoms with Crippen LogP contribution < -0.4 is 5.32 Å². The summed E-state index contributed by atoms with van der Waals surface area (Å²) in [4.78, 5) is 13.1. The van der Waals surface area contributed by atoms with Crippen LogP contribution in [-0.2, 0) is 11.3 Å². The predicted molar refractivity (Wildman–Crippen MR) is 116 cm³/mol. The smallest absolute Gasteiger partial charge is 0.164 e. The number of hydrogen-bond donors (Lipinski definition) is 3. The topological polar surface area (TPSA) is 105 Å². The molecule has 4 aromatic rings. The maximum atomic E-state index is 10.6. The Hall–Kier alpha value is -3.33. The number of nitrogens with one attached hydrogen (secondary N) is 1. The van der Waals surface area contributed by atoms with E-state index in [2.05, 4.69) is 20.3 Å². The van der Waals surface area contributed by atoms with E-state index in [1.807, 2.05) is 48.7 Å². The molecule has 5 rings (SSSR count). The molecule has 0 bridgehead atoms. The lowest BCUT2D eigenvalue weighted by atomic mass is 10.1. The molecule has 1 saturated heterocycles. The van der Waals surface area contributed by atoms with Crippen LogP contribution in [0.25, 0.3) is 22.2 Å². The van der Waals surface area contributed by atoms with E-state index >= 15 is 0 Å². The highest BCUT2D eigenvalue weighted by Crippen LogP contribution is 2.38. The lowest BCUT2D eigenvalue weighted by Crippen LogP contribution is -2.30. The van der Waals surface area contributed by atoms with Gasteiger partial charge < -0.3 is 24.8 Å². The van der Waals surface area contributed by atoms with E-state index in [1.54, 1.807) is 23.9 Å². The van der Waals surface area contributed by atoms with E-state index in [4.69, 9.17) is 4.74 Å². The van der Waals surface area contributed by atoms with Crippen molar-refractivity contribution in [2.24, 2.45) is 0 Å². The molecule has 3 aromatic heterocycles. The molecular weight excluding hydrogens is 394 g/mol. The molecule has 1 aliphatic rings. The van der Waals surface area contributed by atoms with Gasteiger partial charge in [0.05, 0.1) is 11.5 Å². The summed E-state index contributed by atoms with van der Waals surface area (Å²) in [6, 6.07) is 13.8. The van der Waals surface area contributed by atoms with Crippen molar-refractivity contribution < 1.29 is 14.9 Å². The van der Waals surface area contributed by atoms with Crippen molar-refractivity contribution >= 4 is 16.9 Å². The zero-order valence-electron chi connectivity index (χ0n) is 17.0. The quantitative estimate of drug-likeness (QED) is 0.458. The number of aliphatic hydroxyl groups is 2. The zero-order chi connectivity index (χ0) is 21.4. The fraction of sp³-hybridized carbons (Fsp3) is 0.261. The highest BCUT2D eigenvalue weighted by molar-refractivity contribution is 6.01. The van der Waals surface area contributed by atoms with Crippen LogP contribution in [-0.4, -0.2) is 48.0 Å². The molecule has 0 unspecified atom stereocenters. The van der Waals surface area contributed by atoms with Crippen molar-refractivity contribution in [2.75, 3.05) is 5.32 Å². The summed E-state index contributed by atoms with van der Waals surface area (Å²) in [5.41, 5.74) is 3.61. The summed E-state index contributed by atoms with van der Waals surface area (Å²) in [7, 11) is 0. The lowest BCUT2D eigenvalue weighted by Gasteiger charge is -2.17. The van der Waals surface area contributed by atoms with Crippen LogP contribution in [0, 0.1) is 0 Å². The van der Waals surface area contributed by atoms with Crippen LogP contribution in [0.2, 0.25) is 0 Å². The highest BCUT2D eigenvalue weighted by Gasteiger charge is 2.42. The monoisotopic (exact) mass is 417 g/mol. The molecule has 1 fully saturated rings. The number of benzene rings is 1. The van der Waals surface area contributed by atoms with Gasteiger partial charge in [-0.15, -0.1) is 0 Å². The minimum Gasteiger partial charge on any atom is -0.388 e. The number of anilines is 1. The van der Waals surface area contributed by atoms with Crippen LogP contribution in [0.3, 0.4) is 0 Å². The molecule has 158 valence electrons. The summed E-state index contributed by atoms with van der Waals surface area (Å²) in [6.07, 6.45) is 3.66. The van der Waals surface area contributed by atoms with Gasteiger partial charge in [-0.1, -0.05) is 30.3 Å². The first-order chi connectivity index (χ1) is 15.1. The Kier molecular flexibility index (Phi) is 5.11. The third-order valence-electron chi connectivity index (χ3n) is 5.65. The molecule has 1 aliphatic heterocycles. The summed E-state index contributed by atoms with van der Waals surface area (Å²) in [5.74, 6) is 0.681. The van der Waals surface area contributed by atoms with Gasteiger partial charge >= 0.3 is 0 Å². The summed E-state index contributed by atoms with van der Waals surface area (Å²) in [6.45, 7) is 2.32. The fourth-order valence-corrected chi connectivity index (χ4v) is 3.99. The maximum Gasteiger partial charge on any atom is 0.164 e. The number of pyridine rings is 1. The van der Waals surface area contributed by atoms with Gasteiger partial charge in [0.15, 0.2) is 6.23 Å². The first-order valence-corrected chi connectivity index (χ1v) is 10.2. The third-order valence-corrected chi connectivity index (χ3v) is 5.65. The van der Waals surface area contributed by atoms with E-state index in [9.17, 15) is 10.2 Å². The van der Waals surface area contributed by atoms with Crippen LogP contribution in [0.5, 0.6) is 0 Å². The number of ether oxygens (including phenoxy) is 1. The molecule has 4 atom stereocenters. The van der Waals surface area contributed by atoms with E-state index < -0.39 is 24.5 Å². The second-order valence-corrected chi connectivity index (χ2v) is 7.66. The number of nitrogens with zero attached hydrogens (tertiary/aromatic N) is 4. The van der Waals surface area contributed by atoms with Crippen molar-refractivity contribution in [2.45, 2.75) is 38.0 Å². The first-order valence-electron chi connectivity index (χ1n) is 10.2. The average Bonchev–Trinajstić information content (AvgIpc) is 3.32. The maximum absolute atomic E-state index is 10.6. The normalized spacial score (nSPS) is 23.3. The van der Waals surface area contributed by atoms with Gasteiger partial charge in [-0.2, -0.15) is 0 Å². The van der Waals surface area contributed by atoms with Crippen molar-refractivity contribution in [1.29, 1.82) is 0 Å². The number of aliphatic hydroxyl groups excluding tert-OH is 2. The number of aromatic nitrogens is 4. The van der Waals surface area contributed by atoms with Crippen LogP contribution in [0.1, 0.15) is 18.7 Å². The minimum absolute atomic E-state index is 0.483. The Bertz CT molecular complexity index is 1180. The molecule has 0 spiro atoms. The minimum atomic E-state index is -1.06. The molecule has 3 N–H and O–H groups in total. The summed E-state index contributed by atoms with van der Waals surface area (Å²) >= 11 is 0. The lowest BCUT2D eigenvalue weighted by molar-refractivity contribution is -0.0295. The Morgan fingerprint density at radius 2 is 1.81 bits per heavy atom. The van der Waals surface area contributed by atoms with Gasteiger partial charge in [-0.25, -0.2) is 9.97 Å². The van der Waals surface area contributed by atoms with Crippen molar-refractivity contribution in [3.63, 3.8) is 0 Å². The number of rotatable bonds is 5. The summed E-state index contributed by atoms with van der Waals surface area (Å²) in [5, 5.41) is 25.0. The van der Waals surface area contributed by atoms with E-state index in [1.165, 1.54) is 6.33 Å². The average molecular weight is 417 g/mol. The third kappa shape index (κ3) is 3.54. The molecular formula is C23H23N5O3. The molecule has 0 amide bonds. The van der Waals surface area contributed by atoms with Crippen molar-refractivity contribution in [3.8, 4) is 11.1 Å². The Morgan fingerprint density at radius 3 is 2.52 bits per heavy atom. The molecule has 8 heteroatoms. The largest absolute Gasteiger partial charge is 0.388 e. The van der Waals surface area contributed by atoms with Gasteiger partial charge in [0, 0.05) is 30.7 Å². The van der Waals surface area contributed by atoms with Gasteiger partial charge in [0.2, 0.25) is 0 Å². The Morgan fingerprint density at radius 1 is 1.03 bits per heavy atom. The molecule has 31 heavy (non-hydrogen) atoms. The van der Waals surface area contributed by atoms with E-state index in [0.29, 0.717) is 18.0 Å². The standard InChI is InChI=1S/C23H23N5O3/c1-14-19(29)20(30)23(31-14)28-12-17(16-5-3-2-4-6-16)18-21(26-13-27-22(18)28)25-11-15-7-9-24-10-8-15/h2-10,12-14,19-20,23,29-30H,11H2,1H3,(H,25,26,27)/t14-,19-,20-,23-/m1/s1. The van der Waals surface area contributed by atoms with Crippen LogP contribution >= 0.6 is 0 Å². The molecule has 0 saturated carbocycles. The fourth-order valence-electron chi connectivity index (χ4n) is 3.99. The van der Waals surface area contributed by atoms with E-state index in [0.717, 1.165) is 22.1 Å². The zero-order valence-corrected chi connectivity index (χ0v) is 17.0. The van der Waals surface area contributed by atoms with Gasteiger partial charge in [-0.05, 0) is 30.2 Å². The van der Waals surface area contributed by atoms with Gasteiger partial charge in [-0.3, -0.25) is 4.98 Å². The van der Waals surface area contributed by atoms with Gasteiger partial charge in [0.1, 0.15) is 30.0 Å². The second-order valence-electron chi connectivity index (χ2n) is 7.66. The highest BCUT2D eigenvalue weighted by atomic mass is 16.6. The van der Waals surface area contributed by atoms with Crippen molar-refractivity contribution in [1.82, 2.24) is 19.5 Å². The molecule has 1 aromatic carbocycles. The first kappa shape index (κ1) is 19.6. The van der Waals surface area contributed by atoms with Crippen LogP contribution in [0.4, 0.5) is 5.82 Å². The predicted octanol–water partition coefficient (Wildman–Crippen LogP) is 2.74. The second kappa shape index (κ2) is 8.07. The molecule has 0 radical (unpaired) electrons. The summed E-state index contributed by atoms with van der Waals surface area (Å²) < 4.78 is 7.66. The Labute approximate surface area is 179 Å². The number of hydrogen-bond acceptors (Lipinski definition) is 7. The molecule has 4 heterocycles. The Balaban J connectivity index is 1.63. The number of fused-ring (bicyclic) bond motifs is 1. The van der Waals surface area contributed by atoms with Crippen LogP contribution in [0.15, 0.2) is 67.4 Å². The van der Waals surface area contributed by atoms with Gasteiger partial charge in [0.25, 0.3) is 0 Å². The van der Waals surface area contributed by atoms with E-state index in [-0.39, 0.29) is 0 Å². The SMILES string of the molecule is C[C@H]1O[C@@H](n2cc(-c3ccccc3)c3c(NCc4ccncc4)ncnc32)[C@H](O)[C@@H]1O. The molecule has 8 nitrogen and oxygen atoms in total. The van der Waals surface area contributed by atoms with Crippen molar-refractivity contribution in [3.05, 3.63) is 72.9 Å². The molecule has 0 aliphatic carbocycles.